The van der Waals surface area contributed by atoms with Crippen molar-refractivity contribution in [3.8, 4) is 11.4 Å². The summed E-state index contributed by atoms with van der Waals surface area (Å²) in [6.07, 6.45) is 0. The van der Waals surface area contributed by atoms with E-state index in [1.165, 1.54) is 0 Å². The van der Waals surface area contributed by atoms with E-state index in [0.29, 0.717) is 0 Å². The maximum Gasteiger partial charge on any atom is 0.182 e. The molecule has 3 aromatic rings. The minimum Gasteiger partial charge on any atom is -0.291 e. The predicted molar refractivity (Wildman–Crippen MR) is 75.7 cm³/mol. The van der Waals surface area contributed by atoms with Crippen LogP contribution in [0.5, 0.6) is 0 Å². The molecule has 0 unspecified atom stereocenters. The molecule has 94 valence electrons. The Kier molecular flexibility index (Phi) is 2.98. The third-order valence-electron chi connectivity index (χ3n) is 2.87. The van der Waals surface area contributed by atoms with Gasteiger partial charge >= 0.3 is 0 Å². The molecular weight excluding hydrogens is 236 g/mol. The maximum atomic E-state index is 4.23. The lowest BCUT2D eigenvalue weighted by atomic mass is 10.2. The zero-order valence-corrected chi connectivity index (χ0v) is 10.6. The van der Waals surface area contributed by atoms with Gasteiger partial charge < -0.3 is 0 Å². The van der Waals surface area contributed by atoms with E-state index in [0.717, 1.165) is 22.9 Å². The van der Waals surface area contributed by atoms with E-state index < -0.39 is 0 Å². The van der Waals surface area contributed by atoms with Gasteiger partial charge in [-0.05, 0) is 19.1 Å². The van der Waals surface area contributed by atoms with E-state index in [1.807, 2.05) is 72.3 Å². The monoisotopic (exact) mass is 250 g/mol. The molecule has 1 N–H and O–H groups in total. The maximum absolute atomic E-state index is 4.23. The number of nitrogens with one attached hydrogen (secondary N) is 1. The third kappa shape index (κ3) is 2.33. The smallest absolute Gasteiger partial charge is 0.182 e. The molecule has 0 spiro atoms. The zero-order valence-electron chi connectivity index (χ0n) is 10.6. The molecule has 0 aliphatic heterocycles. The first-order chi connectivity index (χ1) is 9.34. The minimum atomic E-state index is 0.807. The molecule has 0 amide bonds. The van der Waals surface area contributed by atoms with Gasteiger partial charge in [-0.25, -0.2) is 4.68 Å². The highest BCUT2D eigenvalue weighted by atomic mass is 15.5. The van der Waals surface area contributed by atoms with Crippen LogP contribution in [-0.2, 0) is 0 Å². The SMILES string of the molecule is Cc1nnc(-c2ccccc2)n1Nc1ccccc1. The summed E-state index contributed by atoms with van der Waals surface area (Å²) >= 11 is 0. The van der Waals surface area contributed by atoms with Crippen molar-refractivity contribution in [2.45, 2.75) is 6.92 Å². The fourth-order valence-electron chi connectivity index (χ4n) is 1.91. The Morgan fingerprint density at radius 1 is 0.842 bits per heavy atom. The number of nitrogens with zero attached hydrogens (tertiary/aromatic N) is 3. The van der Waals surface area contributed by atoms with Crippen LogP contribution in [0.1, 0.15) is 5.82 Å². The average Bonchev–Trinajstić information content (AvgIpc) is 2.82. The van der Waals surface area contributed by atoms with Crippen molar-refractivity contribution in [3.05, 3.63) is 66.5 Å². The summed E-state index contributed by atoms with van der Waals surface area (Å²) in [7, 11) is 0. The van der Waals surface area contributed by atoms with E-state index >= 15 is 0 Å². The van der Waals surface area contributed by atoms with Gasteiger partial charge in [0.05, 0.1) is 5.69 Å². The average molecular weight is 250 g/mol. The molecule has 3 rings (SSSR count). The Labute approximate surface area is 111 Å². The first-order valence-electron chi connectivity index (χ1n) is 6.14. The van der Waals surface area contributed by atoms with Crippen molar-refractivity contribution < 1.29 is 0 Å². The summed E-state index contributed by atoms with van der Waals surface area (Å²) in [4.78, 5) is 0. The van der Waals surface area contributed by atoms with Crippen LogP contribution < -0.4 is 5.43 Å². The molecule has 2 aromatic carbocycles. The molecule has 19 heavy (non-hydrogen) atoms. The van der Waals surface area contributed by atoms with Crippen molar-refractivity contribution in [2.75, 3.05) is 5.43 Å². The van der Waals surface area contributed by atoms with Crippen LogP contribution in [0.2, 0.25) is 0 Å². The van der Waals surface area contributed by atoms with E-state index in [9.17, 15) is 0 Å². The Morgan fingerprint density at radius 3 is 2.16 bits per heavy atom. The summed E-state index contributed by atoms with van der Waals surface area (Å²) in [6.45, 7) is 1.93. The Balaban J connectivity index is 2.00. The second-order valence-electron chi connectivity index (χ2n) is 4.25. The molecule has 0 fully saturated rings. The molecule has 0 aliphatic rings. The van der Waals surface area contributed by atoms with Crippen molar-refractivity contribution in [1.29, 1.82) is 0 Å². The molecule has 1 heterocycles. The highest BCUT2D eigenvalue weighted by molar-refractivity contribution is 5.57. The van der Waals surface area contributed by atoms with Crippen LogP contribution in [-0.4, -0.2) is 14.9 Å². The summed E-state index contributed by atoms with van der Waals surface area (Å²) in [5.74, 6) is 1.63. The van der Waals surface area contributed by atoms with Crippen molar-refractivity contribution in [3.63, 3.8) is 0 Å². The van der Waals surface area contributed by atoms with Gasteiger partial charge in [0.15, 0.2) is 5.82 Å². The number of anilines is 1. The molecule has 0 atom stereocenters. The first-order valence-corrected chi connectivity index (χ1v) is 6.14. The van der Waals surface area contributed by atoms with Crippen LogP contribution in [0.15, 0.2) is 60.7 Å². The third-order valence-corrected chi connectivity index (χ3v) is 2.87. The van der Waals surface area contributed by atoms with Crippen LogP contribution in [0.25, 0.3) is 11.4 Å². The Hall–Kier alpha value is -2.62. The number of aryl methyl sites for hydroxylation is 1. The molecule has 0 saturated heterocycles. The van der Waals surface area contributed by atoms with Gasteiger partial charge in [-0.3, -0.25) is 5.43 Å². The lowest BCUT2D eigenvalue weighted by molar-refractivity contribution is 0.900. The van der Waals surface area contributed by atoms with Gasteiger partial charge in [-0.1, -0.05) is 48.5 Å². The summed E-state index contributed by atoms with van der Waals surface area (Å²) < 4.78 is 1.89. The van der Waals surface area contributed by atoms with Crippen molar-refractivity contribution >= 4 is 5.69 Å². The van der Waals surface area contributed by atoms with Crippen LogP contribution in [0.4, 0.5) is 5.69 Å². The topological polar surface area (TPSA) is 42.7 Å². The minimum absolute atomic E-state index is 0.807. The fourth-order valence-corrected chi connectivity index (χ4v) is 1.91. The summed E-state index contributed by atoms with van der Waals surface area (Å²) in [5.41, 5.74) is 5.35. The predicted octanol–water partition coefficient (Wildman–Crippen LogP) is 3.13. The van der Waals surface area contributed by atoms with E-state index in [-0.39, 0.29) is 0 Å². The Morgan fingerprint density at radius 2 is 1.47 bits per heavy atom. The second kappa shape index (κ2) is 4.94. The van der Waals surface area contributed by atoms with Crippen molar-refractivity contribution in [2.24, 2.45) is 0 Å². The number of benzene rings is 2. The summed E-state index contributed by atoms with van der Waals surface area (Å²) in [6, 6.07) is 20.0. The van der Waals surface area contributed by atoms with Gasteiger partial charge in [0.2, 0.25) is 0 Å². The van der Waals surface area contributed by atoms with Gasteiger partial charge in [0.25, 0.3) is 0 Å². The molecule has 4 heteroatoms. The molecule has 1 aromatic heterocycles. The highest BCUT2D eigenvalue weighted by Crippen LogP contribution is 2.18. The highest BCUT2D eigenvalue weighted by Gasteiger charge is 2.10. The number of rotatable bonds is 3. The largest absolute Gasteiger partial charge is 0.291 e. The molecule has 0 bridgehead atoms. The van der Waals surface area contributed by atoms with Gasteiger partial charge in [0, 0.05) is 5.56 Å². The van der Waals surface area contributed by atoms with Crippen LogP contribution in [0, 0.1) is 6.92 Å². The van der Waals surface area contributed by atoms with Gasteiger partial charge in [-0.2, -0.15) is 0 Å². The normalized spacial score (nSPS) is 10.4. The van der Waals surface area contributed by atoms with Crippen LogP contribution >= 0.6 is 0 Å². The lowest BCUT2D eigenvalue weighted by Crippen LogP contribution is -2.12. The first kappa shape index (κ1) is 11.5. The number of aromatic nitrogens is 3. The quantitative estimate of drug-likeness (QED) is 0.776. The number of para-hydroxylation sites is 1. The fraction of sp³-hybridized carbons (Fsp3) is 0.0667. The van der Waals surface area contributed by atoms with Gasteiger partial charge in [-0.15, -0.1) is 10.2 Å². The van der Waals surface area contributed by atoms with Gasteiger partial charge in [0.1, 0.15) is 5.82 Å². The van der Waals surface area contributed by atoms with E-state index in [4.69, 9.17) is 0 Å². The van der Waals surface area contributed by atoms with Crippen molar-refractivity contribution in [1.82, 2.24) is 14.9 Å². The number of hydrogen-bond donors (Lipinski definition) is 1. The molecule has 0 aliphatic carbocycles. The Bertz CT molecular complexity index is 659. The zero-order chi connectivity index (χ0) is 13.1. The second-order valence-corrected chi connectivity index (χ2v) is 4.25. The molecule has 0 saturated carbocycles. The molecule has 4 nitrogen and oxygen atoms in total. The van der Waals surface area contributed by atoms with E-state index in [1.54, 1.807) is 0 Å². The number of hydrogen-bond acceptors (Lipinski definition) is 3. The van der Waals surface area contributed by atoms with Crippen LogP contribution in [0.3, 0.4) is 0 Å². The standard InChI is InChI=1S/C15H14N4/c1-12-16-17-15(13-8-4-2-5-9-13)19(12)18-14-10-6-3-7-11-14/h2-11,18H,1H3. The van der Waals surface area contributed by atoms with E-state index in [2.05, 4.69) is 15.6 Å². The lowest BCUT2D eigenvalue weighted by Gasteiger charge is -2.11. The molecular formula is C15H14N4. The molecule has 0 radical (unpaired) electrons. The summed E-state index contributed by atoms with van der Waals surface area (Å²) in [5, 5.41) is 8.37.